The fourth-order valence-corrected chi connectivity index (χ4v) is 1.93. The summed E-state index contributed by atoms with van der Waals surface area (Å²) >= 11 is 0. The van der Waals surface area contributed by atoms with Crippen LogP contribution in [0.5, 0.6) is 0 Å². The second-order valence-corrected chi connectivity index (χ2v) is 3.97. The second-order valence-electron chi connectivity index (χ2n) is 3.97. The third-order valence-corrected chi connectivity index (χ3v) is 3.19. The Balaban J connectivity index is 1.84. The molecule has 0 amide bonds. The minimum atomic E-state index is 0.423. The first-order valence-electron chi connectivity index (χ1n) is 4.87. The third kappa shape index (κ3) is 1.72. The molecular formula is C9H16N4. The van der Waals surface area contributed by atoms with Gasteiger partial charge in [0.2, 0.25) is 0 Å². The Morgan fingerprint density at radius 1 is 1.46 bits per heavy atom. The van der Waals surface area contributed by atoms with Crippen molar-refractivity contribution in [2.45, 2.75) is 32.2 Å². The minimum Gasteiger partial charge on any atom is -0.330 e. The highest BCUT2D eigenvalue weighted by Crippen LogP contribution is 2.43. The first-order valence-corrected chi connectivity index (χ1v) is 4.87. The van der Waals surface area contributed by atoms with Gasteiger partial charge in [0, 0.05) is 6.54 Å². The van der Waals surface area contributed by atoms with Crippen molar-refractivity contribution in [1.82, 2.24) is 14.8 Å². The van der Waals surface area contributed by atoms with E-state index in [2.05, 4.69) is 10.1 Å². The van der Waals surface area contributed by atoms with E-state index < -0.39 is 0 Å². The monoisotopic (exact) mass is 180 g/mol. The van der Waals surface area contributed by atoms with Gasteiger partial charge in [-0.1, -0.05) is 6.42 Å². The lowest BCUT2D eigenvalue weighted by molar-refractivity contribution is 0.121. The zero-order valence-electron chi connectivity index (χ0n) is 7.82. The molecule has 1 aromatic heterocycles. The third-order valence-electron chi connectivity index (χ3n) is 3.19. The van der Waals surface area contributed by atoms with Gasteiger partial charge < -0.3 is 5.73 Å². The second kappa shape index (κ2) is 3.46. The first kappa shape index (κ1) is 8.69. The van der Waals surface area contributed by atoms with Crippen LogP contribution in [0, 0.1) is 5.41 Å². The van der Waals surface area contributed by atoms with Crippen molar-refractivity contribution in [2.24, 2.45) is 11.1 Å². The van der Waals surface area contributed by atoms with Gasteiger partial charge in [-0.3, -0.25) is 4.68 Å². The number of nitrogens with two attached hydrogens (primary N) is 1. The van der Waals surface area contributed by atoms with E-state index >= 15 is 0 Å². The molecule has 0 unspecified atom stereocenters. The van der Waals surface area contributed by atoms with E-state index in [1.54, 1.807) is 12.7 Å². The van der Waals surface area contributed by atoms with E-state index in [1.165, 1.54) is 19.3 Å². The smallest absolute Gasteiger partial charge is 0.137 e. The molecule has 1 aliphatic carbocycles. The summed E-state index contributed by atoms with van der Waals surface area (Å²) in [6.07, 6.45) is 8.41. The SMILES string of the molecule is NCC1(CCn2cncn2)CCC1. The van der Waals surface area contributed by atoms with E-state index in [-0.39, 0.29) is 0 Å². The summed E-state index contributed by atoms with van der Waals surface area (Å²) in [4.78, 5) is 3.91. The molecule has 2 rings (SSSR count). The highest BCUT2D eigenvalue weighted by Gasteiger charge is 2.34. The molecule has 0 atom stereocenters. The molecule has 0 radical (unpaired) electrons. The maximum absolute atomic E-state index is 5.76. The molecule has 1 saturated carbocycles. The number of nitrogens with zero attached hydrogens (tertiary/aromatic N) is 3. The van der Waals surface area contributed by atoms with Crippen LogP contribution in [0.15, 0.2) is 12.7 Å². The van der Waals surface area contributed by atoms with Crippen LogP contribution in [0.4, 0.5) is 0 Å². The van der Waals surface area contributed by atoms with Crippen molar-refractivity contribution in [1.29, 1.82) is 0 Å². The lowest BCUT2D eigenvalue weighted by atomic mass is 9.67. The zero-order valence-corrected chi connectivity index (χ0v) is 7.82. The summed E-state index contributed by atoms with van der Waals surface area (Å²) in [6, 6.07) is 0. The van der Waals surface area contributed by atoms with Crippen molar-refractivity contribution in [3.63, 3.8) is 0 Å². The molecule has 0 aliphatic heterocycles. The Bertz CT molecular complexity index is 245. The topological polar surface area (TPSA) is 56.7 Å². The van der Waals surface area contributed by atoms with E-state index in [9.17, 15) is 0 Å². The summed E-state index contributed by atoms with van der Waals surface area (Å²) in [5, 5.41) is 4.08. The predicted molar refractivity (Wildman–Crippen MR) is 50.0 cm³/mol. The van der Waals surface area contributed by atoms with Crippen LogP contribution < -0.4 is 5.73 Å². The average Bonchev–Trinajstić information content (AvgIpc) is 2.56. The van der Waals surface area contributed by atoms with Gasteiger partial charge in [-0.2, -0.15) is 5.10 Å². The van der Waals surface area contributed by atoms with Crippen molar-refractivity contribution in [3.05, 3.63) is 12.7 Å². The van der Waals surface area contributed by atoms with Gasteiger partial charge in [0.05, 0.1) is 0 Å². The van der Waals surface area contributed by atoms with Gasteiger partial charge in [0.15, 0.2) is 0 Å². The van der Waals surface area contributed by atoms with Crippen LogP contribution in [0.3, 0.4) is 0 Å². The Morgan fingerprint density at radius 2 is 2.31 bits per heavy atom. The summed E-state index contributed by atoms with van der Waals surface area (Å²) in [7, 11) is 0. The summed E-state index contributed by atoms with van der Waals surface area (Å²) in [5.74, 6) is 0. The number of aromatic nitrogens is 3. The summed E-state index contributed by atoms with van der Waals surface area (Å²) in [6.45, 7) is 1.78. The first-order chi connectivity index (χ1) is 6.35. The number of rotatable bonds is 4. The highest BCUT2D eigenvalue weighted by atomic mass is 15.3. The normalized spacial score (nSPS) is 19.8. The van der Waals surface area contributed by atoms with Crippen molar-refractivity contribution in [2.75, 3.05) is 6.54 Å². The van der Waals surface area contributed by atoms with Gasteiger partial charge in [-0.25, -0.2) is 4.98 Å². The van der Waals surface area contributed by atoms with Gasteiger partial charge >= 0.3 is 0 Å². The minimum absolute atomic E-state index is 0.423. The molecule has 13 heavy (non-hydrogen) atoms. The van der Waals surface area contributed by atoms with Crippen LogP contribution in [0.2, 0.25) is 0 Å². The van der Waals surface area contributed by atoms with Crippen LogP contribution in [-0.2, 0) is 6.54 Å². The molecule has 4 heteroatoms. The van der Waals surface area contributed by atoms with Crippen molar-refractivity contribution >= 4 is 0 Å². The van der Waals surface area contributed by atoms with Crippen LogP contribution in [-0.4, -0.2) is 21.3 Å². The molecule has 1 heterocycles. The molecule has 1 aromatic rings. The summed E-state index contributed by atoms with van der Waals surface area (Å²) in [5.41, 5.74) is 6.19. The molecule has 0 spiro atoms. The maximum atomic E-state index is 5.76. The molecular weight excluding hydrogens is 164 g/mol. The fourth-order valence-electron chi connectivity index (χ4n) is 1.93. The van der Waals surface area contributed by atoms with Gasteiger partial charge in [-0.15, -0.1) is 0 Å². The maximum Gasteiger partial charge on any atom is 0.137 e. The van der Waals surface area contributed by atoms with E-state index in [1.807, 2.05) is 4.68 Å². The molecule has 0 saturated heterocycles. The molecule has 0 aromatic carbocycles. The molecule has 0 bridgehead atoms. The highest BCUT2D eigenvalue weighted by molar-refractivity contribution is 4.88. The lowest BCUT2D eigenvalue weighted by Crippen LogP contribution is -2.38. The quantitative estimate of drug-likeness (QED) is 0.745. The number of hydrogen-bond donors (Lipinski definition) is 1. The van der Waals surface area contributed by atoms with Crippen LogP contribution in [0.25, 0.3) is 0 Å². The van der Waals surface area contributed by atoms with Gasteiger partial charge in [-0.05, 0) is 31.2 Å². The molecule has 2 N–H and O–H groups in total. The zero-order chi connectivity index (χ0) is 9.15. The average molecular weight is 180 g/mol. The fraction of sp³-hybridized carbons (Fsp3) is 0.778. The number of aryl methyl sites for hydroxylation is 1. The molecule has 72 valence electrons. The Morgan fingerprint density at radius 3 is 2.77 bits per heavy atom. The van der Waals surface area contributed by atoms with Crippen molar-refractivity contribution < 1.29 is 0 Å². The summed E-state index contributed by atoms with van der Waals surface area (Å²) < 4.78 is 1.88. The Labute approximate surface area is 78.1 Å². The predicted octanol–water partition coefficient (Wildman–Crippen LogP) is 0.797. The van der Waals surface area contributed by atoms with Crippen LogP contribution in [0.1, 0.15) is 25.7 Å². The molecule has 1 aliphatic rings. The van der Waals surface area contributed by atoms with Gasteiger partial charge in [0.25, 0.3) is 0 Å². The van der Waals surface area contributed by atoms with E-state index in [0.717, 1.165) is 19.5 Å². The van der Waals surface area contributed by atoms with E-state index in [0.29, 0.717) is 5.41 Å². The van der Waals surface area contributed by atoms with E-state index in [4.69, 9.17) is 5.73 Å². The lowest BCUT2D eigenvalue weighted by Gasteiger charge is -2.41. The number of hydrogen-bond acceptors (Lipinski definition) is 3. The Kier molecular flexibility index (Phi) is 2.31. The molecule has 1 fully saturated rings. The van der Waals surface area contributed by atoms with Gasteiger partial charge in [0.1, 0.15) is 12.7 Å². The standard InChI is InChI=1S/C9H16N4/c10-6-9(2-1-3-9)4-5-13-8-11-7-12-13/h7-8H,1-6,10H2. The van der Waals surface area contributed by atoms with Crippen LogP contribution >= 0.6 is 0 Å². The van der Waals surface area contributed by atoms with Crippen molar-refractivity contribution in [3.8, 4) is 0 Å². The Hall–Kier alpha value is -0.900. The largest absolute Gasteiger partial charge is 0.330 e. The molecule has 4 nitrogen and oxygen atoms in total.